The average Bonchev–Trinajstić information content (AvgIpc) is 1.35. The summed E-state index contributed by atoms with van der Waals surface area (Å²) in [5.74, 6) is -9.15. The third-order valence-electron chi connectivity index (χ3n) is 24.2. The van der Waals surface area contributed by atoms with Crippen molar-refractivity contribution in [1.29, 1.82) is 0 Å². The van der Waals surface area contributed by atoms with Crippen molar-refractivity contribution >= 4 is 27.9 Å². The van der Waals surface area contributed by atoms with Crippen LogP contribution in [0, 0.1) is 87.3 Å². The van der Waals surface area contributed by atoms with Crippen LogP contribution in [-0.2, 0) is 38.6 Å². The molecule has 9 saturated carbocycles. The van der Waals surface area contributed by atoms with E-state index in [1.54, 1.807) is 13.8 Å². The fourth-order valence-electron chi connectivity index (χ4n) is 16.9. The predicted molar refractivity (Wildman–Crippen MR) is 324 cm³/mol. The summed E-state index contributed by atoms with van der Waals surface area (Å²) >= 11 is 0. The fourth-order valence-corrected chi connectivity index (χ4v) is 17.8. The molecule has 0 radical (unpaired) electrons. The molecule has 13 nitrogen and oxygen atoms in total. The van der Waals surface area contributed by atoms with E-state index >= 15 is 0 Å². The molecule has 0 saturated heterocycles. The van der Waals surface area contributed by atoms with Crippen LogP contribution in [0.25, 0.3) is 0 Å². The molecule has 107 heavy (non-hydrogen) atoms. The molecule has 9 aliphatic carbocycles. The normalized spacial score (nSPS) is 30.4. The van der Waals surface area contributed by atoms with E-state index in [4.69, 9.17) is 14.6 Å². The van der Waals surface area contributed by atoms with Crippen molar-refractivity contribution < 1.29 is 176 Å². The van der Waals surface area contributed by atoms with Crippen molar-refractivity contribution in [3.8, 4) is 0 Å². The predicted octanol–water partition coefficient (Wildman–Crippen LogP) is 18.4. The van der Waals surface area contributed by atoms with Crippen LogP contribution >= 0.6 is 0 Å². The molecule has 0 aromatic carbocycles. The highest BCUT2D eigenvalue weighted by Gasteiger charge is 2.79. The van der Waals surface area contributed by atoms with Gasteiger partial charge in [-0.3, -0.25) is 14.4 Å². The number of ether oxygens (including phenoxy) is 3. The minimum atomic E-state index is -6.58. The first-order valence-electron chi connectivity index (χ1n) is 34.5. The summed E-state index contributed by atoms with van der Waals surface area (Å²) in [5, 5.41) is 37.6. The molecule has 12 unspecified atom stereocenters. The van der Waals surface area contributed by atoms with Gasteiger partial charge in [-0.15, -0.1) is 0 Å². The average molecular weight is 1640 g/mol. The van der Waals surface area contributed by atoms with E-state index in [0.717, 1.165) is 19.3 Å². The number of methoxy groups -OCH3 is 1. The highest BCUT2D eigenvalue weighted by atomic mass is 32.2. The van der Waals surface area contributed by atoms with Gasteiger partial charge in [0.2, 0.25) is 0 Å². The molecule has 12 atom stereocenters. The van der Waals surface area contributed by atoms with Crippen molar-refractivity contribution in [3.63, 3.8) is 0 Å². The van der Waals surface area contributed by atoms with E-state index in [1.807, 2.05) is 46.3 Å². The Hall–Kier alpha value is -3.73. The van der Waals surface area contributed by atoms with Crippen LogP contribution in [-0.4, -0.2) is 148 Å². The number of nitrogens with one attached hydrogen (secondary N) is 1. The first-order valence-corrected chi connectivity index (χ1v) is 36.0. The van der Waals surface area contributed by atoms with E-state index in [2.05, 4.69) is 4.74 Å². The van der Waals surface area contributed by atoms with Gasteiger partial charge in [0.1, 0.15) is 11.7 Å². The van der Waals surface area contributed by atoms with Crippen molar-refractivity contribution in [2.75, 3.05) is 7.11 Å². The summed E-state index contributed by atoms with van der Waals surface area (Å²) in [5.41, 5.74) is -30.5. The van der Waals surface area contributed by atoms with Crippen molar-refractivity contribution in [2.24, 2.45) is 87.3 Å². The topological polar surface area (TPSA) is 206 Å². The lowest BCUT2D eigenvalue weighted by Crippen LogP contribution is -2.67. The van der Waals surface area contributed by atoms with Crippen molar-refractivity contribution in [3.05, 3.63) is 0 Å². The Balaban J connectivity index is 0.000000297. The van der Waals surface area contributed by atoms with Gasteiger partial charge in [-0.1, -0.05) is 41.0 Å². The standard InChI is InChI=1S/C18H22F12O4.C17H26F3NO4S.C13H18F6O.C11H14F6O.C7H14O2/c1-4-12(2,3)11(31)34-10-6-8(13(32,15(19,20)21)16(22,23)24)5-9(7-10)14(33,17(25,26)27)18(28,29)30;1-4-14(2,3)13(22)25-16-8-11-5-12(9-16)7-15(6-11,10-16)21-26(23,24)17(18,19)20;1-6-7(2)10-4-8(6)3-9(10)5-11(20,12(14,15)16)13(17,18)19;12-10(13,14)9(18,11(15,16)17)5-8-4-6-1-2-7(8)3-6;1-5-7(2,3)6(8)9-4/h8-10,32-33H,4-7H2,1-3H3;11-12,21H,4-10H2,1-3H3;6-10,20H,3-5H2,1-2H3;6-8,18H,1-5H2;5H2,1-4H3. The SMILES string of the molecule is CC1C2CC(CC(O)(C(F)(F)F)C(F)(F)F)C(C2)C1C.CCC(C)(C)C(=O)OC.CCC(C)(C)C(=O)OC12CC3CC(CC(NS(=O)(=O)C(F)(F)F)(C3)C1)C2.CCC(C)(C)C(=O)OC1CC(C(O)(C(F)(F)F)C(F)(F)F)CC(C(O)(C(F)(F)F)C(F)(F)F)C1.OC(CC1CC2CCC1C2)(C(F)(F)F)C(F)(F)F. The maximum atomic E-state index is 13.3. The second-order valence-electron chi connectivity index (χ2n) is 32.6. The summed E-state index contributed by atoms with van der Waals surface area (Å²) in [6, 6.07) is 0. The minimum absolute atomic E-state index is 0.0184. The highest BCUT2D eigenvalue weighted by Crippen LogP contribution is 2.64. The third-order valence-corrected chi connectivity index (χ3v) is 25.5. The lowest BCUT2D eigenvalue weighted by molar-refractivity contribution is -0.405. The number of hydrogen-bond acceptors (Lipinski definition) is 12. The van der Waals surface area contributed by atoms with Crippen LogP contribution in [0.1, 0.15) is 205 Å². The molecule has 630 valence electrons. The van der Waals surface area contributed by atoms with Gasteiger partial charge in [-0.25, -0.2) is 13.1 Å². The second kappa shape index (κ2) is 31.6. The second-order valence-corrected chi connectivity index (χ2v) is 34.3. The fraction of sp³-hybridized carbons (Fsp3) is 0.955. The number of sulfonamides is 1. The summed E-state index contributed by atoms with van der Waals surface area (Å²) in [6.07, 6.45) is -51.2. The van der Waals surface area contributed by atoms with E-state index in [-0.39, 0.29) is 71.6 Å². The van der Waals surface area contributed by atoms with E-state index in [1.165, 1.54) is 27.9 Å². The Morgan fingerprint density at radius 3 is 1.13 bits per heavy atom. The van der Waals surface area contributed by atoms with Gasteiger partial charge in [0.25, 0.3) is 22.4 Å². The Morgan fingerprint density at radius 1 is 0.439 bits per heavy atom. The van der Waals surface area contributed by atoms with Crippen LogP contribution < -0.4 is 4.72 Å². The number of esters is 3. The molecule has 5 N–H and O–H groups in total. The van der Waals surface area contributed by atoms with Crippen LogP contribution in [0.15, 0.2) is 0 Å². The highest BCUT2D eigenvalue weighted by molar-refractivity contribution is 7.90. The molecule has 0 spiro atoms. The van der Waals surface area contributed by atoms with Crippen molar-refractivity contribution in [1.82, 2.24) is 4.72 Å². The summed E-state index contributed by atoms with van der Waals surface area (Å²) in [7, 11) is -4.02. The summed E-state index contributed by atoms with van der Waals surface area (Å²) < 4.78 is 390. The zero-order chi connectivity index (χ0) is 83.7. The Kier molecular flexibility index (Phi) is 28.2. The zero-order valence-electron chi connectivity index (χ0n) is 60.3. The quantitative estimate of drug-likeness (QED) is 0.0556. The molecular formula is C66H94F27NO12S. The molecular weight excluding hydrogens is 1540 g/mol. The zero-order valence-corrected chi connectivity index (χ0v) is 61.1. The molecule has 0 amide bonds. The maximum absolute atomic E-state index is 13.3. The number of halogens is 27. The molecule has 9 aliphatic rings. The van der Waals surface area contributed by atoms with Gasteiger partial charge < -0.3 is 34.6 Å². The lowest BCUT2D eigenvalue weighted by atomic mass is 9.51. The van der Waals surface area contributed by atoms with Gasteiger partial charge >= 0.3 is 82.8 Å². The summed E-state index contributed by atoms with van der Waals surface area (Å²) in [6.45, 7) is 18.8. The largest absolute Gasteiger partial charge is 0.511 e. The lowest BCUT2D eigenvalue weighted by Gasteiger charge is -2.61. The Bertz CT molecular complexity index is 3020. The molecule has 8 bridgehead atoms. The van der Waals surface area contributed by atoms with E-state index < -0.39 is 177 Å². The Morgan fingerprint density at radius 2 is 0.822 bits per heavy atom. The van der Waals surface area contributed by atoms with Gasteiger partial charge in [0.15, 0.2) is 0 Å². The molecule has 0 aliphatic heterocycles. The maximum Gasteiger partial charge on any atom is 0.511 e. The molecule has 41 heteroatoms. The third kappa shape index (κ3) is 20.1. The molecule has 0 heterocycles. The molecule has 9 rings (SSSR count). The number of aliphatic hydroxyl groups is 4. The number of rotatable bonds is 16. The summed E-state index contributed by atoms with van der Waals surface area (Å²) in [4.78, 5) is 35.7. The molecule has 0 aromatic heterocycles. The van der Waals surface area contributed by atoms with Crippen LogP contribution in [0.2, 0.25) is 0 Å². The van der Waals surface area contributed by atoms with Gasteiger partial charge in [-0.2, -0.15) is 119 Å². The van der Waals surface area contributed by atoms with Crippen LogP contribution in [0.4, 0.5) is 119 Å². The van der Waals surface area contributed by atoms with Gasteiger partial charge in [0, 0.05) is 23.8 Å². The number of hydrogen-bond donors (Lipinski definition) is 5. The molecule has 9 fully saturated rings. The minimum Gasteiger partial charge on any atom is -0.469 e. The van der Waals surface area contributed by atoms with Gasteiger partial charge in [0.05, 0.1) is 23.4 Å². The monoisotopic (exact) mass is 1640 g/mol. The molecule has 0 aromatic rings. The van der Waals surface area contributed by atoms with Crippen LogP contribution in [0.3, 0.4) is 0 Å². The smallest absolute Gasteiger partial charge is 0.469 e. The van der Waals surface area contributed by atoms with Crippen LogP contribution in [0.5, 0.6) is 0 Å². The Labute approximate surface area is 600 Å². The van der Waals surface area contributed by atoms with E-state index in [0.29, 0.717) is 70.1 Å². The van der Waals surface area contributed by atoms with Crippen molar-refractivity contribution in [2.45, 2.75) is 299 Å². The van der Waals surface area contributed by atoms with Gasteiger partial charge in [-0.05, 0) is 216 Å². The number of carbonyl (C=O) groups excluding carboxylic acids is 3. The number of alkyl halides is 27. The number of fused-ring (bicyclic) bond motifs is 4. The first-order chi connectivity index (χ1) is 47.5. The van der Waals surface area contributed by atoms with E-state index in [9.17, 15) is 157 Å². The first kappa shape index (κ1) is 95.6. The number of carbonyl (C=O) groups is 3.